The van der Waals surface area contributed by atoms with Crippen LogP contribution in [-0.4, -0.2) is 116 Å². The first-order chi connectivity index (χ1) is 24.6. The number of carboxylic acid groups (broad SMARTS) is 1. The lowest BCUT2D eigenvalue weighted by molar-refractivity contribution is -0.703. The van der Waals surface area contributed by atoms with E-state index in [1.54, 1.807) is 14.2 Å². The van der Waals surface area contributed by atoms with Gasteiger partial charge in [-0.2, -0.15) is 0 Å². The number of aliphatic hydroxyl groups excluding tert-OH is 3. The van der Waals surface area contributed by atoms with Crippen LogP contribution in [0.1, 0.15) is 116 Å². The summed E-state index contributed by atoms with van der Waals surface area (Å²) in [5.74, 6) is -0.183. The number of hydrogen-bond acceptors (Lipinski definition) is 10. The van der Waals surface area contributed by atoms with Gasteiger partial charge in [-0.1, -0.05) is 19.3 Å². The van der Waals surface area contributed by atoms with Crippen LogP contribution < -0.4 is 21.5 Å². The van der Waals surface area contributed by atoms with E-state index in [1.807, 2.05) is 0 Å². The number of carbonyl (C=O) groups is 1. The van der Waals surface area contributed by atoms with Crippen molar-refractivity contribution in [3.8, 4) is 0 Å². The predicted molar refractivity (Wildman–Crippen MR) is 189 cm³/mol. The van der Waals surface area contributed by atoms with Crippen molar-refractivity contribution in [1.82, 2.24) is 0 Å². The first-order valence-corrected chi connectivity index (χ1v) is 20.6. The van der Waals surface area contributed by atoms with Crippen LogP contribution in [0.5, 0.6) is 0 Å². The molecule has 3 saturated carbocycles. The third-order valence-electron chi connectivity index (χ3n) is 13.8. The van der Waals surface area contributed by atoms with Gasteiger partial charge in [-0.05, 0) is 108 Å². The highest BCUT2D eigenvalue weighted by molar-refractivity contribution is 5.73. The van der Waals surface area contributed by atoms with E-state index in [-0.39, 0.29) is 42.4 Å². The monoisotopic (exact) mass is 727 g/mol. The molecule has 14 atom stereocenters. The van der Waals surface area contributed by atoms with Gasteiger partial charge in [0.15, 0.2) is 0 Å². The Labute approximate surface area is 306 Å². The van der Waals surface area contributed by atoms with Gasteiger partial charge in [0.2, 0.25) is 0 Å². The van der Waals surface area contributed by atoms with Gasteiger partial charge < -0.3 is 54.8 Å². The van der Waals surface area contributed by atoms with Gasteiger partial charge in [0.25, 0.3) is 0 Å². The quantitative estimate of drug-likeness (QED) is 0.125. The maximum atomic E-state index is 13.1. The SMILES string of the molecule is CC[NH2+][C@H](COC1CC([C@H]2C[C@@H](O)C[C@H](CCC3CCC(O)C(OC)C3)O2)CC(OC)C1O)[C@H](CC1CC[NH2+]C(N)C1)C1(C(=O)[O-])CCCCC1. The first-order valence-electron chi connectivity index (χ1n) is 20.6. The van der Waals surface area contributed by atoms with Crippen molar-refractivity contribution in [2.45, 2.75) is 177 Å². The van der Waals surface area contributed by atoms with Crippen molar-refractivity contribution < 1.29 is 54.8 Å². The topological polar surface area (TPSA) is 197 Å². The summed E-state index contributed by atoms with van der Waals surface area (Å²) in [5, 5.41) is 50.3. The minimum Gasteiger partial charge on any atom is -0.550 e. The molecule has 0 aromatic heterocycles. The molecule has 12 nitrogen and oxygen atoms in total. The maximum Gasteiger partial charge on any atom is 0.137 e. The summed E-state index contributed by atoms with van der Waals surface area (Å²) in [5.41, 5.74) is 5.47. The fourth-order valence-corrected chi connectivity index (χ4v) is 10.9. The number of hydrogen-bond donors (Lipinski definition) is 6. The number of aliphatic hydroxyl groups is 3. The average Bonchev–Trinajstić information content (AvgIpc) is 3.12. The highest BCUT2D eigenvalue weighted by Crippen LogP contribution is 2.47. The molecule has 0 radical (unpaired) electrons. The van der Waals surface area contributed by atoms with Gasteiger partial charge in [-0.15, -0.1) is 0 Å². The Balaban J connectivity index is 1.26. The normalized spacial score (nSPS) is 40.4. The Morgan fingerprint density at radius 2 is 1.69 bits per heavy atom. The molecular formula is C39H72N3O9+. The van der Waals surface area contributed by atoms with Crippen LogP contribution in [0.2, 0.25) is 0 Å². The molecule has 0 amide bonds. The summed E-state index contributed by atoms with van der Waals surface area (Å²) in [7, 11) is 3.30. The molecule has 5 aliphatic rings. The maximum absolute atomic E-state index is 13.1. The largest absolute Gasteiger partial charge is 0.550 e. The summed E-state index contributed by atoms with van der Waals surface area (Å²) in [6.07, 6.45) is 10.7. The molecule has 296 valence electrons. The van der Waals surface area contributed by atoms with E-state index >= 15 is 0 Å². The highest BCUT2D eigenvalue weighted by Gasteiger charge is 2.49. The van der Waals surface area contributed by atoms with Crippen molar-refractivity contribution in [3.63, 3.8) is 0 Å². The number of quaternary nitrogens is 2. The van der Waals surface area contributed by atoms with Gasteiger partial charge in [0.1, 0.15) is 18.3 Å². The number of carboxylic acids is 1. The van der Waals surface area contributed by atoms with E-state index in [0.717, 1.165) is 83.7 Å². The smallest absolute Gasteiger partial charge is 0.137 e. The van der Waals surface area contributed by atoms with E-state index in [1.165, 1.54) is 0 Å². The standard InChI is InChI=1S/C39H71N3O9/c1-4-41-30(29(16-25-12-15-42-36(40)18-25)39(38(46)47)13-6-5-7-14-39)23-50-35-20-26(19-34(49-3)37(35)45)32-22-27(43)21-28(51-32)10-8-24-9-11-31(44)33(17-24)48-2/h24-37,41-45H,4-23,40H2,1-3H3,(H,46,47)/p+1/t24?,25?,26?,27-,28-,29-,30+,31?,32+,33?,34?,35?,36?,37?/m0/s1. The van der Waals surface area contributed by atoms with Crippen molar-refractivity contribution in [1.29, 1.82) is 0 Å². The third kappa shape index (κ3) is 10.6. The number of nitrogens with two attached hydrogens (primary N) is 3. The molecule has 0 aromatic carbocycles. The molecule has 0 aromatic rings. The third-order valence-corrected chi connectivity index (χ3v) is 13.8. The molecular weight excluding hydrogens is 654 g/mol. The van der Waals surface area contributed by atoms with Crippen LogP contribution in [0, 0.1) is 29.1 Å². The lowest BCUT2D eigenvalue weighted by Crippen LogP contribution is -2.95. The van der Waals surface area contributed by atoms with E-state index < -0.39 is 41.9 Å². The van der Waals surface area contributed by atoms with E-state index in [0.29, 0.717) is 57.0 Å². The van der Waals surface area contributed by atoms with Crippen molar-refractivity contribution in [2.75, 3.05) is 33.9 Å². The highest BCUT2D eigenvalue weighted by atomic mass is 16.5. The predicted octanol–water partition coefficient (Wildman–Crippen LogP) is -0.0610. The zero-order valence-electron chi connectivity index (χ0n) is 31.7. The molecule has 5 fully saturated rings. The molecule has 51 heavy (non-hydrogen) atoms. The number of carbonyl (C=O) groups excluding carboxylic acids is 1. The number of piperidine rings is 1. The fraction of sp³-hybridized carbons (Fsp3) is 0.974. The number of methoxy groups -OCH3 is 2. The van der Waals surface area contributed by atoms with Gasteiger partial charge in [0.05, 0.1) is 62.4 Å². The summed E-state index contributed by atoms with van der Waals surface area (Å²) in [4.78, 5) is 13.1. The van der Waals surface area contributed by atoms with Gasteiger partial charge in [0, 0.05) is 37.9 Å². The summed E-state index contributed by atoms with van der Waals surface area (Å²) in [6, 6.07) is -0.0996. The lowest BCUT2D eigenvalue weighted by atomic mass is 9.60. The van der Waals surface area contributed by atoms with Gasteiger partial charge in [-0.3, -0.25) is 5.73 Å². The molecule has 9 unspecified atom stereocenters. The molecule has 2 aliphatic heterocycles. The summed E-state index contributed by atoms with van der Waals surface area (Å²) < 4.78 is 24.8. The molecule has 3 aliphatic carbocycles. The summed E-state index contributed by atoms with van der Waals surface area (Å²) >= 11 is 0. The minimum atomic E-state index is -0.923. The second-order valence-electron chi connectivity index (χ2n) is 17.1. The molecule has 9 N–H and O–H groups in total. The molecule has 2 heterocycles. The Bertz CT molecular complexity index is 1050. The van der Waals surface area contributed by atoms with E-state index in [9.17, 15) is 25.2 Å². The Kier molecular flexibility index (Phi) is 15.8. The second-order valence-corrected chi connectivity index (χ2v) is 17.1. The zero-order valence-corrected chi connectivity index (χ0v) is 31.7. The molecule has 0 spiro atoms. The zero-order chi connectivity index (χ0) is 36.5. The minimum absolute atomic E-state index is 0.0424. The lowest BCUT2D eigenvalue weighted by Gasteiger charge is -2.48. The molecule has 12 heteroatoms. The van der Waals surface area contributed by atoms with Crippen molar-refractivity contribution in [3.05, 3.63) is 0 Å². The van der Waals surface area contributed by atoms with E-state index in [4.69, 9.17) is 24.7 Å². The number of rotatable bonds is 16. The molecule has 2 saturated heterocycles. The second kappa shape index (κ2) is 19.6. The first kappa shape index (κ1) is 41.2. The molecule has 0 bridgehead atoms. The summed E-state index contributed by atoms with van der Waals surface area (Å²) in [6.45, 7) is 4.19. The number of aliphatic carboxylic acids is 1. The van der Waals surface area contributed by atoms with Crippen LogP contribution >= 0.6 is 0 Å². The van der Waals surface area contributed by atoms with Crippen LogP contribution in [-0.2, 0) is 23.7 Å². The number of ether oxygens (including phenoxy) is 4. The van der Waals surface area contributed by atoms with Gasteiger partial charge in [-0.25, -0.2) is 0 Å². The van der Waals surface area contributed by atoms with E-state index in [2.05, 4.69) is 17.6 Å². The van der Waals surface area contributed by atoms with Crippen molar-refractivity contribution >= 4 is 5.97 Å². The van der Waals surface area contributed by atoms with Crippen LogP contribution in [0.4, 0.5) is 0 Å². The van der Waals surface area contributed by atoms with Crippen LogP contribution in [0.3, 0.4) is 0 Å². The van der Waals surface area contributed by atoms with Crippen molar-refractivity contribution in [2.24, 2.45) is 34.8 Å². The molecule has 5 rings (SSSR count). The number of likely N-dealkylation sites (N-methyl/N-ethyl adjacent to an activating group) is 1. The van der Waals surface area contributed by atoms with Crippen LogP contribution in [0.15, 0.2) is 0 Å². The Morgan fingerprint density at radius 1 is 0.941 bits per heavy atom. The fourth-order valence-electron chi connectivity index (χ4n) is 10.9. The Morgan fingerprint density at radius 3 is 2.37 bits per heavy atom. The average molecular weight is 727 g/mol. The van der Waals surface area contributed by atoms with Crippen LogP contribution in [0.25, 0.3) is 0 Å². The Hall–Kier alpha value is -0.930. The van der Waals surface area contributed by atoms with Gasteiger partial charge >= 0.3 is 0 Å².